The normalized spacial score (nSPS) is 12.6. The van der Waals surface area contributed by atoms with Gasteiger partial charge in [-0.25, -0.2) is 4.68 Å². The SMILES string of the molecule is CCn1nncc1C(O)CSc1cccc(Br)c1. The van der Waals surface area contributed by atoms with Crippen LogP contribution in [0.25, 0.3) is 0 Å². The second kappa shape index (κ2) is 6.36. The molecule has 0 saturated carbocycles. The molecule has 1 N–H and O–H groups in total. The van der Waals surface area contributed by atoms with Crippen molar-refractivity contribution in [1.82, 2.24) is 15.0 Å². The summed E-state index contributed by atoms with van der Waals surface area (Å²) in [5.41, 5.74) is 0.764. The average molecular weight is 328 g/mol. The zero-order valence-electron chi connectivity index (χ0n) is 9.95. The molecular weight excluding hydrogens is 314 g/mol. The first kappa shape index (κ1) is 13.6. The number of nitrogens with zero attached hydrogens (tertiary/aromatic N) is 3. The lowest BCUT2D eigenvalue weighted by Crippen LogP contribution is -2.09. The van der Waals surface area contributed by atoms with Crippen LogP contribution in [-0.4, -0.2) is 25.9 Å². The molecule has 0 aliphatic heterocycles. The molecule has 1 aromatic heterocycles. The summed E-state index contributed by atoms with van der Waals surface area (Å²) in [6, 6.07) is 8.03. The predicted octanol–water partition coefficient (Wildman–Crippen LogP) is 2.89. The zero-order valence-corrected chi connectivity index (χ0v) is 12.4. The molecule has 2 aromatic rings. The summed E-state index contributed by atoms with van der Waals surface area (Å²) in [6.07, 6.45) is 1.07. The van der Waals surface area contributed by atoms with Crippen molar-refractivity contribution in [1.29, 1.82) is 0 Å². The summed E-state index contributed by atoms with van der Waals surface area (Å²) in [5, 5.41) is 17.9. The molecule has 0 fully saturated rings. The fourth-order valence-electron chi connectivity index (χ4n) is 1.59. The third-order valence-corrected chi connectivity index (χ3v) is 4.06. The number of rotatable bonds is 5. The summed E-state index contributed by atoms with van der Waals surface area (Å²) >= 11 is 5.04. The lowest BCUT2D eigenvalue weighted by Gasteiger charge is -2.11. The van der Waals surface area contributed by atoms with Crippen molar-refractivity contribution in [3.8, 4) is 0 Å². The Bertz CT molecular complexity index is 518. The second-order valence-corrected chi connectivity index (χ2v) is 5.77. The van der Waals surface area contributed by atoms with E-state index in [-0.39, 0.29) is 0 Å². The number of aliphatic hydroxyl groups excluding tert-OH is 1. The van der Waals surface area contributed by atoms with Gasteiger partial charge in [0.15, 0.2) is 0 Å². The molecule has 1 unspecified atom stereocenters. The van der Waals surface area contributed by atoms with Crippen molar-refractivity contribution in [2.75, 3.05) is 5.75 Å². The Labute approximate surface area is 119 Å². The van der Waals surface area contributed by atoms with Gasteiger partial charge in [0.2, 0.25) is 0 Å². The van der Waals surface area contributed by atoms with Gasteiger partial charge in [0, 0.05) is 21.7 Å². The van der Waals surface area contributed by atoms with Gasteiger partial charge in [0.05, 0.1) is 11.9 Å². The van der Waals surface area contributed by atoms with E-state index in [9.17, 15) is 5.11 Å². The molecule has 1 heterocycles. The highest BCUT2D eigenvalue weighted by atomic mass is 79.9. The molecular formula is C12H14BrN3OS. The topological polar surface area (TPSA) is 50.9 Å². The van der Waals surface area contributed by atoms with Crippen LogP contribution in [0, 0.1) is 0 Å². The number of halogens is 1. The lowest BCUT2D eigenvalue weighted by molar-refractivity contribution is 0.192. The van der Waals surface area contributed by atoms with E-state index in [0.29, 0.717) is 12.3 Å². The Hall–Kier alpha value is -0.850. The predicted molar refractivity (Wildman–Crippen MR) is 75.5 cm³/mol. The Balaban J connectivity index is 1.98. The highest BCUT2D eigenvalue weighted by Crippen LogP contribution is 2.26. The molecule has 1 atom stereocenters. The van der Waals surface area contributed by atoms with E-state index in [4.69, 9.17) is 0 Å². The second-order valence-electron chi connectivity index (χ2n) is 3.76. The molecule has 0 bridgehead atoms. The van der Waals surface area contributed by atoms with Crippen molar-refractivity contribution < 1.29 is 5.11 Å². The summed E-state index contributed by atoms with van der Waals surface area (Å²) < 4.78 is 2.76. The Morgan fingerprint density at radius 3 is 3.06 bits per heavy atom. The monoisotopic (exact) mass is 327 g/mol. The number of hydrogen-bond acceptors (Lipinski definition) is 4. The summed E-state index contributed by atoms with van der Waals surface area (Å²) in [4.78, 5) is 1.12. The van der Waals surface area contributed by atoms with Gasteiger partial charge in [-0.2, -0.15) is 0 Å². The van der Waals surface area contributed by atoms with E-state index in [1.807, 2.05) is 31.2 Å². The van der Waals surface area contributed by atoms with Crippen LogP contribution in [0.2, 0.25) is 0 Å². The number of aliphatic hydroxyl groups is 1. The Morgan fingerprint density at radius 1 is 1.50 bits per heavy atom. The van der Waals surface area contributed by atoms with Gasteiger partial charge in [-0.1, -0.05) is 27.2 Å². The van der Waals surface area contributed by atoms with Crippen LogP contribution < -0.4 is 0 Å². The number of aryl methyl sites for hydroxylation is 1. The Morgan fingerprint density at radius 2 is 2.33 bits per heavy atom. The average Bonchev–Trinajstić information content (AvgIpc) is 2.84. The van der Waals surface area contributed by atoms with Gasteiger partial charge < -0.3 is 5.11 Å². The van der Waals surface area contributed by atoms with Gasteiger partial charge in [-0.3, -0.25) is 0 Å². The van der Waals surface area contributed by atoms with Gasteiger partial charge >= 0.3 is 0 Å². The third kappa shape index (κ3) is 3.34. The smallest absolute Gasteiger partial charge is 0.107 e. The maximum Gasteiger partial charge on any atom is 0.107 e. The standard InChI is InChI=1S/C12H14BrN3OS/c1-2-16-11(7-14-15-16)12(17)8-18-10-5-3-4-9(13)6-10/h3-7,12,17H,2,8H2,1H3. The quantitative estimate of drug-likeness (QED) is 0.858. The van der Waals surface area contributed by atoms with Crippen molar-refractivity contribution in [3.63, 3.8) is 0 Å². The van der Waals surface area contributed by atoms with Gasteiger partial charge in [-0.05, 0) is 25.1 Å². The molecule has 0 aliphatic rings. The Kier molecular flexibility index (Phi) is 4.79. The van der Waals surface area contributed by atoms with Crippen LogP contribution in [0.3, 0.4) is 0 Å². The first-order valence-corrected chi connectivity index (χ1v) is 7.43. The maximum atomic E-state index is 10.1. The van der Waals surface area contributed by atoms with Crippen LogP contribution >= 0.6 is 27.7 Å². The van der Waals surface area contributed by atoms with E-state index in [1.165, 1.54) is 0 Å². The van der Waals surface area contributed by atoms with Crippen molar-refractivity contribution in [2.24, 2.45) is 0 Å². The van der Waals surface area contributed by atoms with Crippen LogP contribution in [0.15, 0.2) is 39.8 Å². The number of thioether (sulfide) groups is 1. The molecule has 0 spiro atoms. The van der Waals surface area contributed by atoms with Crippen molar-refractivity contribution in [2.45, 2.75) is 24.5 Å². The van der Waals surface area contributed by atoms with Gasteiger partial charge in [0.1, 0.15) is 6.10 Å². The molecule has 2 rings (SSSR count). The molecule has 4 nitrogen and oxygen atoms in total. The number of hydrogen-bond donors (Lipinski definition) is 1. The maximum absolute atomic E-state index is 10.1. The molecule has 18 heavy (non-hydrogen) atoms. The van der Waals surface area contributed by atoms with Crippen LogP contribution in [0.4, 0.5) is 0 Å². The van der Waals surface area contributed by atoms with Crippen molar-refractivity contribution in [3.05, 3.63) is 40.6 Å². The molecule has 6 heteroatoms. The summed E-state index contributed by atoms with van der Waals surface area (Å²) in [5.74, 6) is 0.587. The number of aromatic nitrogens is 3. The highest BCUT2D eigenvalue weighted by molar-refractivity contribution is 9.10. The largest absolute Gasteiger partial charge is 0.386 e. The lowest BCUT2D eigenvalue weighted by atomic mass is 10.3. The van der Waals surface area contributed by atoms with Gasteiger partial charge in [-0.15, -0.1) is 16.9 Å². The molecule has 96 valence electrons. The number of benzene rings is 1. The summed E-state index contributed by atoms with van der Waals surface area (Å²) in [7, 11) is 0. The van der Waals surface area contributed by atoms with E-state index in [0.717, 1.165) is 15.1 Å². The van der Waals surface area contributed by atoms with E-state index >= 15 is 0 Å². The zero-order chi connectivity index (χ0) is 13.0. The van der Waals surface area contributed by atoms with Crippen LogP contribution in [0.5, 0.6) is 0 Å². The minimum Gasteiger partial charge on any atom is -0.386 e. The summed E-state index contributed by atoms with van der Waals surface area (Å²) in [6.45, 7) is 2.69. The fraction of sp³-hybridized carbons (Fsp3) is 0.333. The molecule has 0 radical (unpaired) electrons. The van der Waals surface area contributed by atoms with Gasteiger partial charge in [0.25, 0.3) is 0 Å². The molecule has 1 aromatic carbocycles. The fourth-order valence-corrected chi connectivity index (χ4v) is 3.04. The van der Waals surface area contributed by atoms with Crippen LogP contribution in [-0.2, 0) is 6.54 Å². The van der Waals surface area contributed by atoms with E-state index < -0.39 is 6.10 Å². The van der Waals surface area contributed by atoms with E-state index in [2.05, 4.69) is 26.2 Å². The van der Waals surface area contributed by atoms with E-state index in [1.54, 1.807) is 22.6 Å². The van der Waals surface area contributed by atoms with Crippen molar-refractivity contribution >= 4 is 27.7 Å². The minimum atomic E-state index is -0.552. The molecule has 0 saturated heterocycles. The third-order valence-electron chi connectivity index (χ3n) is 2.49. The molecule has 0 aliphatic carbocycles. The highest BCUT2D eigenvalue weighted by Gasteiger charge is 2.13. The first-order valence-electron chi connectivity index (χ1n) is 5.65. The first-order chi connectivity index (χ1) is 8.70. The minimum absolute atomic E-state index is 0.552. The van der Waals surface area contributed by atoms with Crippen LogP contribution in [0.1, 0.15) is 18.7 Å². The molecule has 0 amide bonds.